The van der Waals surface area contributed by atoms with Gasteiger partial charge in [0, 0.05) is 37.5 Å². The number of carbonyl (C=O) groups is 3. The van der Waals surface area contributed by atoms with Crippen LogP contribution in [0.3, 0.4) is 0 Å². The summed E-state index contributed by atoms with van der Waals surface area (Å²) in [7, 11) is 0. The van der Waals surface area contributed by atoms with Crippen molar-refractivity contribution in [2.75, 3.05) is 6.61 Å². The lowest BCUT2D eigenvalue weighted by atomic mass is 9.44. The van der Waals surface area contributed by atoms with Crippen LogP contribution in [0, 0.1) is 16.7 Å². The summed E-state index contributed by atoms with van der Waals surface area (Å²) in [4.78, 5) is 38.5. The fraction of sp³-hybridized carbons (Fsp3) is 0.645. The molecule has 0 spiro atoms. The van der Waals surface area contributed by atoms with Gasteiger partial charge < -0.3 is 39.4 Å². The third kappa shape index (κ3) is 4.16. The number of aliphatic hydroxyl groups excluding tert-OH is 3. The zero-order chi connectivity index (χ0) is 31.0. The van der Waals surface area contributed by atoms with E-state index in [4.69, 9.17) is 18.9 Å². The van der Waals surface area contributed by atoms with Crippen LogP contribution in [-0.2, 0) is 28.5 Å². The van der Waals surface area contributed by atoms with E-state index in [1.807, 2.05) is 0 Å². The first-order chi connectivity index (χ1) is 19.5. The number of hydrogen-bond acceptors (Lipinski definition) is 11. The number of esters is 3. The second-order valence-electron chi connectivity index (χ2n) is 13.0. The summed E-state index contributed by atoms with van der Waals surface area (Å²) in [6.07, 6.45) is -8.35. The van der Waals surface area contributed by atoms with E-state index >= 15 is 0 Å². The fourth-order valence-electron chi connectivity index (χ4n) is 8.20. The van der Waals surface area contributed by atoms with Crippen LogP contribution >= 0.6 is 0 Å². The first kappa shape index (κ1) is 30.6. The van der Waals surface area contributed by atoms with Crippen molar-refractivity contribution in [2.45, 2.75) is 102 Å². The van der Waals surface area contributed by atoms with E-state index in [-0.39, 0.29) is 30.6 Å². The number of aliphatic hydroxyl groups is 4. The van der Waals surface area contributed by atoms with Crippen molar-refractivity contribution in [2.24, 2.45) is 16.7 Å². The summed E-state index contributed by atoms with van der Waals surface area (Å²) in [6, 6.07) is 8.12. The maximum atomic E-state index is 13.7. The average molecular weight is 589 g/mol. The third-order valence-electron chi connectivity index (χ3n) is 10.5. The SMILES string of the molecule is CC(=O)O[C@H]1C[C@@]2(O)[C@@H](OC(=O)c3ccccc3)C3[C@@](C)([C@@H](O)C[C@H]4OC[C@@]34OC(C)=O)[C@@H](O)[C@H](O)C(=C1C)C2(C)C. The lowest BCUT2D eigenvalue weighted by molar-refractivity contribution is -0.365. The van der Waals surface area contributed by atoms with E-state index in [0.717, 1.165) is 0 Å². The van der Waals surface area contributed by atoms with E-state index in [1.165, 1.54) is 20.8 Å². The smallest absolute Gasteiger partial charge is 0.338 e. The molecular formula is C31H40O11. The quantitative estimate of drug-likeness (QED) is 0.228. The van der Waals surface area contributed by atoms with E-state index < -0.39 is 82.5 Å². The van der Waals surface area contributed by atoms with Crippen molar-refractivity contribution >= 4 is 17.9 Å². The Balaban J connectivity index is 1.82. The van der Waals surface area contributed by atoms with Gasteiger partial charge in [-0.05, 0) is 30.2 Å². The number of rotatable bonds is 4. The Labute approximate surface area is 244 Å². The summed E-state index contributed by atoms with van der Waals surface area (Å²) in [5, 5.41) is 48.4. The van der Waals surface area contributed by atoms with Crippen molar-refractivity contribution in [1.29, 1.82) is 0 Å². The standard InChI is InChI=1S/C31H40O11/c1-15-19(40-16(2)32)13-31(38)26(41-27(37)18-10-8-7-9-11-18)24-29(6,25(36)23(35)22(15)28(31,4)5)20(34)12-21-30(24,14-39-21)42-17(3)33/h7-11,19-21,23-26,34-36,38H,12-14H2,1-6H3/t19-,20-,21+,23+,24?,25-,26-,29+,30-,31+/m0/s1. The van der Waals surface area contributed by atoms with Crippen LogP contribution in [-0.4, -0.2) is 92.8 Å². The van der Waals surface area contributed by atoms with Gasteiger partial charge in [0.05, 0.1) is 30.3 Å². The predicted molar refractivity (Wildman–Crippen MR) is 146 cm³/mol. The number of carbonyl (C=O) groups excluding carboxylic acids is 3. The highest BCUT2D eigenvalue weighted by Gasteiger charge is 2.77. The van der Waals surface area contributed by atoms with Gasteiger partial charge >= 0.3 is 17.9 Å². The highest BCUT2D eigenvalue weighted by atomic mass is 16.6. The molecule has 3 aliphatic carbocycles. The molecule has 11 heteroatoms. The normalized spacial score (nSPS) is 42.1. The van der Waals surface area contributed by atoms with Crippen LogP contribution in [0.1, 0.15) is 64.7 Å². The Morgan fingerprint density at radius 2 is 1.62 bits per heavy atom. The molecule has 1 saturated heterocycles. The molecule has 0 amide bonds. The maximum Gasteiger partial charge on any atom is 0.338 e. The predicted octanol–water partition coefficient (Wildman–Crippen LogP) is 1.44. The van der Waals surface area contributed by atoms with Crippen molar-refractivity contribution in [3.05, 3.63) is 47.0 Å². The van der Waals surface area contributed by atoms with Gasteiger partial charge in [-0.2, -0.15) is 0 Å². The highest BCUT2D eigenvalue weighted by molar-refractivity contribution is 5.89. The van der Waals surface area contributed by atoms with Crippen molar-refractivity contribution < 1.29 is 53.8 Å². The lowest BCUT2D eigenvalue weighted by Gasteiger charge is -2.69. The van der Waals surface area contributed by atoms with Crippen LogP contribution in [0.15, 0.2) is 41.5 Å². The fourth-order valence-corrected chi connectivity index (χ4v) is 8.20. The molecule has 10 atom stereocenters. The van der Waals surface area contributed by atoms with Crippen LogP contribution in [0.25, 0.3) is 0 Å². The number of fused-ring (bicyclic) bond motifs is 5. The lowest BCUT2D eigenvalue weighted by Crippen LogP contribution is -2.82. The third-order valence-corrected chi connectivity index (χ3v) is 10.5. The van der Waals surface area contributed by atoms with Gasteiger partial charge in [0.2, 0.25) is 0 Å². The largest absolute Gasteiger partial charge is 0.458 e. The van der Waals surface area contributed by atoms with Gasteiger partial charge in [0.1, 0.15) is 30.0 Å². The molecule has 1 aromatic carbocycles. The van der Waals surface area contributed by atoms with Gasteiger partial charge in [-0.1, -0.05) is 39.0 Å². The molecule has 1 unspecified atom stereocenters. The number of hydrogen-bond donors (Lipinski definition) is 4. The first-order valence-corrected chi connectivity index (χ1v) is 14.2. The molecule has 2 bridgehead atoms. The second-order valence-corrected chi connectivity index (χ2v) is 13.0. The van der Waals surface area contributed by atoms with Crippen LogP contribution in [0.5, 0.6) is 0 Å². The van der Waals surface area contributed by atoms with Crippen molar-refractivity contribution in [3.63, 3.8) is 0 Å². The highest BCUT2D eigenvalue weighted by Crippen LogP contribution is 2.65. The summed E-state index contributed by atoms with van der Waals surface area (Å²) in [5.41, 5.74) is -5.83. The minimum atomic E-state index is -2.07. The van der Waals surface area contributed by atoms with Crippen molar-refractivity contribution in [3.8, 4) is 0 Å². The van der Waals surface area contributed by atoms with Gasteiger partial charge in [-0.25, -0.2) is 4.79 Å². The van der Waals surface area contributed by atoms with Crippen molar-refractivity contribution in [1.82, 2.24) is 0 Å². The Morgan fingerprint density at radius 3 is 2.17 bits per heavy atom. The molecule has 0 radical (unpaired) electrons. The Kier molecular flexibility index (Phi) is 7.38. The molecule has 2 saturated carbocycles. The molecule has 42 heavy (non-hydrogen) atoms. The molecule has 5 rings (SSSR count). The molecule has 1 aliphatic heterocycles. The number of benzene rings is 1. The first-order valence-electron chi connectivity index (χ1n) is 14.2. The molecular weight excluding hydrogens is 548 g/mol. The molecule has 230 valence electrons. The summed E-state index contributed by atoms with van der Waals surface area (Å²) in [5.74, 6) is -3.37. The maximum absolute atomic E-state index is 13.7. The van der Waals surface area contributed by atoms with Gasteiger partial charge in [-0.3, -0.25) is 9.59 Å². The monoisotopic (exact) mass is 588 g/mol. The van der Waals surface area contributed by atoms with E-state index in [9.17, 15) is 34.8 Å². The topological polar surface area (TPSA) is 169 Å². The zero-order valence-corrected chi connectivity index (χ0v) is 24.7. The zero-order valence-electron chi connectivity index (χ0n) is 24.7. The van der Waals surface area contributed by atoms with Crippen LogP contribution < -0.4 is 0 Å². The molecule has 11 nitrogen and oxygen atoms in total. The Bertz CT molecular complexity index is 1310. The van der Waals surface area contributed by atoms with Crippen LogP contribution in [0.2, 0.25) is 0 Å². The molecule has 3 fully saturated rings. The second kappa shape index (κ2) is 10.1. The summed E-state index contributed by atoms with van der Waals surface area (Å²) in [6.45, 7) is 8.78. The Hall–Kier alpha value is -2.83. The van der Waals surface area contributed by atoms with E-state index in [2.05, 4.69) is 0 Å². The molecule has 4 N–H and O–H groups in total. The molecule has 1 aromatic rings. The minimum absolute atomic E-state index is 0.0423. The average Bonchev–Trinajstić information content (AvgIpc) is 2.90. The van der Waals surface area contributed by atoms with Gasteiger partial charge in [-0.15, -0.1) is 0 Å². The summed E-state index contributed by atoms with van der Waals surface area (Å²) >= 11 is 0. The van der Waals surface area contributed by atoms with Crippen LogP contribution in [0.4, 0.5) is 0 Å². The molecule has 4 aliphatic rings. The van der Waals surface area contributed by atoms with Gasteiger partial charge in [0.25, 0.3) is 0 Å². The van der Waals surface area contributed by atoms with E-state index in [1.54, 1.807) is 51.1 Å². The number of ether oxygens (including phenoxy) is 4. The minimum Gasteiger partial charge on any atom is -0.458 e. The molecule has 0 aromatic heterocycles. The summed E-state index contributed by atoms with van der Waals surface area (Å²) < 4.78 is 23.6. The van der Waals surface area contributed by atoms with E-state index in [0.29, 0.717) is 5.57 Å². The molecule has 1 heterocycles. The van der Waals surface area contributed by atoms with Gasteiger partial charge in [0.15, 0.2) is 5.60 Å². The Morgan fingerprint density at radius 1 is 0.976 bits per heavy atom.